The molecule has 4 heteroatoms. The van der Waals surface area contributed by atoms with E-state index in [1.165, 1.54) is 32.1 Å². The van der Waals surface area contributed by atoms with E-state index in [1.54, 1.807) is 0 Å². The van der Waals surface area contributed by atoms with Crippen molar-refractivity contribution < 1.29 is 0 Å². The van der Waals surface area contributed by atoms with E-state index in [0.717, 1.165) is 34.1 Å². The van der Waals surface area contributed by atoms with Crippen LogP contribution in [0.15, 0.2) is 22.7 Å². The lowest BCUT2D eigenvalue weighted by atomic mass is 9.81. The predicted octanol–water partition coefficient (Wildman–Crippen LogP) is 4.71. The lowest BCUT2D eigenvalue weighted by Crippen LogP contribution is -2.18. The van der Waals surface area contributed by atoms with Crippen molar-refractivity contribution >= 4 is 38.8 Å². The summed E-state index contributed by atoms with van der Waals surface area (Å²) in [5.41, 5.74) is 7.76. The van der Waals surface area contributed by atoms with E-state index in [1.807, 2.05) is 18.2 Å². The fourth-order valence-corrected chi connectivity index (χ4v) is 3.64. The van der Waals surface area contributed by atoms with Crippen LogP contribution in [-0.4, -0.2) is 11.5 Å². The van der Waals surface area contributed by atoms with Gasteiger partial charge in [-0.1, -0.05) is 54.3 Å². The zero-order valence-corrected chi connectivity index (χ0v) is 14.4. The minimum atomic E-state index is 0.445. The van der Waals surface area contributed by atoms with E-state index in [2.05, 4.69) is 28.2 Å². The Labute approximate surface area is 135 Å². The average molecular weight is 355 g/mol. The molecule has 0 aliphatic heterocycles. The Balaban J connectivity index is 1.89. The molecule has 2 rings (SSSR count). The quantitative estimate of drug-likeness (QED) is 0.751. The van der Waals surface area contributed by atoms with Crippen molar-refractivity contribution in [1.82, 2.24) is 0 Å². The number of thiocarbonyl (C=S) groups is 1. The van der Waals surface area contributed by atoms with Crippen LogP contribution in [0, 0.1) is 11.8 Å². The second kappa shape index (κ2) is 7.41. The zero-order chi connectivity index (χ0) is 14.5. The van der Waals surface area contributed by atoms with Crippen LogP contribution in [0.4, 0.5) is 5.69 Å². The van der Waals surface area contributed by atoms with Crippen LogP contribution in [0.2, 0.25) is 0 Å². The summed E-state index contributed by atoms with van der Waals surface area (Å²) in [6.07, 6.45) is 6.79. The fourth-order valence-electron chi connectivity index (χ4n) is 3.11. The summed E-state index contributed by atoms with van der Waals surface area (Å²) in [4.78, 5) is 0.445. The standard InChI is InChI=1S/C16H23BrN2S/c1-11-3-2-4-12(9-11)7-8-19-15-6-5-13(17)10-14(15)16(18)20/h5-6,10-12,19H,2-4,7-9H2,1H3,(H2,18,20). The summed E-state index contributed by atoms with van der Waals surface area (Å²) in [6.45, 7) is 3.37. The zero-order valence-electron chi connectivity index (χ0n) is 12.0. The van der Waals surface area contributed by atoms with E-state index in [4.69, 9.17) is 18.0 Å². The van der Waals surface area contributed by atoms with Crippen molar-refractivity contribution in [3.8, 4) is 0 Å². The van der Waals surface area contributed by atoms with E-state index in [9.17, 15) is 0 Å². The number of nitrogens with one attached hydrogen (secondary N) is 1. The molecular weight excluding hydrogens is 332 g/mol. The maximum atomic E-state index is 5.79. The number of halogens is 1. The highest BCUT2D eigenvalue weighted by Crippen LogP contribution is 2.30. The third kappa shape index (κ3) is 4.45. The molecule has 1 aromatic rings. The lowest BCUT2D eigenvalue weighted by Gasteiger charge is -2.27. The molecule has 1 saturated carbocycles. The molecule has 20 heavy (non-hydrogen) atoms. The van der Waals surface area contributed by atoms with Crippen molar-refractivity contribution in [2.75, 3.05) is 11.9 Å². The van der Waals surface area contributed by atoms with Crippen LogP contribution in [0.25, 0.3) is 0 Å². The molecule has 0 saturated heterocycles. The molecule has 1 aliphatic rings. The van der Waals surface area contributed by atoms with E-state index < -0.39 is 0 Å². The highest BCUT2D eigenvalue weighted by atomic mass is 79.9. The largest absolute Gasteiger partial charge is 0.389 e. The SMILES string of the molecule is CC1CCCC(CCNc2ccc(Br)cc2C(N)=S)C1. The summed E-state index contributed by atoms with van der Waals surface area (Å²) in [7, 11) is 0. The van der Waals surface area contributed by atoms with Gasteiger partial charge in [0.1, 0.15) is 4.99 Å². The molecule has 1 aromatic carbocycles. The van der Waals surface area contributed by atoms with Crippen molar-refractivity contribution in [3.63, 3.8) is 0 Å². The van der Waals surface area contributed by atoms with Crippen LogP contribution in [0.3, 0.4) is 0 Å². The highest BCUT2D eigenvalue weighted by molar-refractivity contribution is 9.10. The van der Waals surface area contributed by atoms with E-state index >= 15 is 0 Å². The molecule has 2 unspecified atom stereocenters. The van der Waals surface area contributed by atoms with Crippen LogP contribution >= 0.6 is 28.1 Å². The summed E-state index contributed by atoms with van der Waals surface area (Å²) < 4.78 is 1.01. The van der Waals surface area contributed by atoms with E-state index in [-0.39, 0.29) is 0 Å². The van der Waals surface area contributed by atoms with Gasteiger partial charge in [-0.3, -0.25) is 0 Å². The second-order valence-electron chi connectivity index (χ2n) is 5.91. The van der Waals surface area contributed by atoms with Gasteiger partial charge in [0, 0.05) is 22.3 Å². The van der Waals surface area contributed by atoms with Gasteiger partial charge in [-0.05, 0) is 42.9 Å². The number of anilines is 1. The Morgan fingerprint density at radius 3 is 2.95 bits per heavy atom. The van der Waals surface area contributed by atoms with Crippen LogP contribution in [0.1, 0.15) is 44.6 Å². The van der Waals surface area contributed by atoms with Gasteiger partial charge in [-0.2, -0.15) is 0 Å². The third-order valence-corrected chi connectivity index (χ3v) is 4.87. The summed E-state index contributed by atoms with van der Waals surface area (Å²) >= 11 is 8.58. The summed E-state index contributed by atoms with van der Waals surface area (Å²) in [6, 6.07) is 6.04. The van der Waals surface area contributed by atoms with Crippen molar-refractivity contribution in [3.05, 3.63) is 28.2 Å². The molecule has 110 valence electrons. The van der Waals surface area contributed by atoms with Gasteiger partial charge < -0.3 is 11.1 Å². The first kappa shape index (κ1) is 15.8. The molecule has 0 amide bonds. The monoisotopic (exact) mass is 354 g/mol. The number of hydrogen-bond donors (Lipinski definition) is 2. The Kier molecular flexibility index (Phi) is 5.85. The van der Waals surface area contributed by atoms with E-state index in [0.29, 0.717) is 4.99 Å². The summed E-state index contributed by atoms with van der Waals surface area (Å²) in [5.74, 6) is 1.77. The molecule has 3 N–H and O–H groups in total. The summed E-state index contributed by atoms with van der Waals surface area (Å²) in [5, 5.41) is 3.50. The van der Waals surface area contributed by atoms with Crippen LogP contribution in [0.5, 0.6) is 0 Å². The minimum absolute atomic E-state index is 0.445. The Morgan fingerprint density at radius 2 is 2.25 bits per heavy atom. The first-order valence-electron chi connectivity index (χ1n) is 7.39. The van der Waals surface area contributed by atoms with Gasteiger partial charge >= 0.3 is 0 Å². The third-order valence-electron chi connectivity index (χ3n) is 4.16. The van der Waals surface area contributed by atoms with Gasteiger partial charge in [0.15, 0.2) is 0 Å². The van der Waals surface area contributed by atoms with Crippen LogP contribution < -0.4 is 11.1 Å². The maximum absolute atomic E-state index is 5.79. The van der Waals surface area contributed by atoms with Gasteiger partial charge in [0.2, 0.25) is 0 Å². The number of hydrogen-bond acceptors (Lipinski definition) is 2. The number of rotatable bonds is 5. The maximum Gasteiger partial charge on any atom is 0.106 e. The molecule has 0 spiro atoms. The van der Waals surface area contributed by atoms with Gasteiger partial charge in [0.05, 0.1) is 0 Å². The first-order valence-corrected chi connectivity index (χ1v) is 8.59. The number of benzene rings is 1. The molecule has 0 radical (unpaired) electrons. The molecular formula is C16H23BrN2S. The smallest absolute Gasteiger partial charge is 0.106 e. The molecule has 2 atom stereocenters. The second-order valence-corrected chi connectivity index (χ2v) is 7.26. The first-order chi connectivity index (χ1) is 9.56. The lowest BCUT2D eigenvalue weighted by molar-refractivity contribution is 0.274. The van der Waals surface area contributed by atoms with Crippen molar-refractivity contribution in [2.24, 2.45) is 17.6 Å². The molecule has 0 bridgehead atoms. The molecule has 1 aliphatic carbocycles. The van der Waals surface area contributed by atoms with Gasteiger partial charge in [0.25, 0.3) is 0 Å². The average Bonchev–Trinajstić information content (AvgIpc) is 2.40. The molecule has 2 nitrogen and oxygen atoms in total. The van der Waals surface area contributed by atoms with Gasteiger partial charge in [-0.25, -0.2) is 0 Å². The fraction of sp³-hybridized carbons (Fsp3) is 0.562. The molecule has 0 aromatic heterocycles. The minimum Gasteiger partial charge on any atom is -0.389 e. The molecule has 1 fully saturated rings. The topological polar surface area (TPSA) is 38.0 Å². The predicted molar refractivity (Wildman–Crippen MR) is 94.3 cm³/mol. The number of nitrogens with two attached hydrogens (primary N) is 1. The Morgan fingerprint density at radius 1 is 1.45 bits per heavy atom. The van der Waals surface area contributed by atoms with Crippen LogP contribution in [-0.2, 0) is 0 Å². The Hall–Kier alpha value is -0.610. The highest BCUT2D eigenvalue weighted by Gasteiger charge is 2.18. The van der Waals surface area contributed by atoms with Crippen molar-refractivity contribution in [2.45, 2.75) is 39.0 Å². The van der Waals surface area contributed by atoms with Gasteiger partial charge in [-0.15, -0.1) is 0 Å². The normalized spacial score (nSPS) is 22.5. The Bertz CT molecular complexity index is 476. The van der Waals surface area contributed by atoms with Crippen molar-refractivity contribution in [1.29, 1.82) is 0 Å². The molecule has 0 heterocycles.